The van der Waals surface area contributed by atoms with E-state index in [1.165, 1.54) is 19.3 Å². The quantitative estimate of drug-likeness (QED) is 0.883. The first kappa shape index (κ1) is 15.0. The minimum atomic E-state index is -0.790. The normalized spacial score (nSPS) is 17.8. The molecule has 0 aliphatic heterocycles. The Morgan fingerprint density at radius 2 is 1.78 bits per heavy atom. The molecule has 0 radical (unpaired) electrons. The molecule has 2 rings (SSSR count). The van der Waals surface area contributed by atoms with Crippen molar-refractivity contribution in [2.75, 3.05) is 0 Å². The van der Waals surface area contributed by atoms with Gasteiger partial charge in [-0.15, -0.1) is 12.4 Å². The van der Waals surface area contributed by atoms with Crippen molar-refractivity contribution < 1.29 is 9.90 Å². The summed E-state index contributed by atoms with van der Waals surface area (Å²) in [5.41, 5.74) is 0.838. The Hall–Kier alpha value is -1.06. The van der Waals surface area contributed by atoms with Crippen LogP contribution in [-0.4, -0.2) is 17.1 Å². The van der Waals surface area contributed by atoms with E-state index >= 15 is 0 Å². The molecule has 100 valence electrons. The summed E-state index contributed by atoms with van der Waals surface area (Å²) in [5.74, 6) is -0.790. The van der Waals surface area contributed by atoms with Crippen molar-refractivity contribution in [3.8, 4) is 0 Å². The second-order valence-electron chi connectivity index (χ2n) is 4.68. The highest BCUT2D eigenvalue weighted by atomic mass is 35.5. The number of benzene rings is 1. The van der Waals surface area contributed by atoms with Crippen LogP contribution in [0, 0.1) is 0 Å². The highest BCUT2D eigenvalue weighted by Gasteiger charge is 2.23. The first-order chi connectivity index (χ1) is 8.27. The molecule has 1 unspecified atom stereocenters. The predicted octanol–water partition coefficient (Wildman–Crippen LogP) is 3.16. The number of carboxylic acids is 1. The maximum atomic E-state index is 11.3. The van der Waals surface area contributed by atoms with E-state index in [0.717, 1.165) is 18.4 Å². The van der Waals surface area contributed by atoms with Crippen LogP contribution in [0.15, 0.2) is 30.3 Å². The molecule has 1 aromatic carbocycles. The summed E-state index contributed by atoms with van der Waals surface area (Å²) >= 11 is 0. The molecule has 0 saturated heterocycles. The number of halogens is 1. The molecule has 1 aliphatic rings. The van der Waals surface area contributed by atoms with Gasteiger partial charge in [-0.1, -0.05) is 49.6 Å². The second kappa shape index (κ2) is 7.39. The van der Waals surface area contributed by atoms with E-state index in [0.29, 0.717) is 6.04 Å². The zero-order valence-electron chi connectivity index (χ0n) is 10.3. The molecule has 0 amide bonds. The molecule has 2 N–H and O–H groups in total. The molecule has 1 atom stereocenters. The molecule has 0 spiro atoms. The summed E-state index contributed by atoms with van der Waals surface area (Å²) in [6, 6.07) is 9.19. The summed E-state index contributed by atoms with van der Waals surface area (Å²) in [4.78, 5) is 11.3. The van der Waals surface area contributed by atoms with E-state index in [2.05, 4.69) is 5.32 Å². The lowest BCUT2D eigenvalue weighted by atomic mass is 9.94. The maximum absolute atomic E-state index is 11.3. The zero-order valence-corrected chi connectivity index (χ0v) is 11.2. The van der Waals surface area contributed by atoms with Crippen molar-refractivity contribution in [3.05, 3.63) is 35.9 Å². The summed E-state index contributed by atoms with van der Waals surface area (Å²) in [6.07, 6.45) is 5.88. The Labute approximate surface area is 114 Å². The Morgan fingerprint density at radius 1 is 1.17 bits per heavy atom. The van der Waals surface area contributed by atoms with Crippen molar-refractivity contribution in [2.45, 2.75) is 44.2 Å². The number of hydrogen-bond donors (Lipinski definition) is 2. The van der Waals surface area contributed by atoms with Gasteiger partial charge >= 0.3 is 5.97 Å². The van der Waals surface area contributed by atoms with Crippen molar-refractivity contribution in [3.63, 3.8) is 0 Å². The second-order valence-corrected chi connectivity index (χ2v) is 4.68. The number of rotatable bonds is 4. The van der Waals surface area contributed by atoms with Crippen LogP contribution in [0.4, 0.5) is 0 Å². The lowest BCUT2D eigenvalue weighted by Crippen LogP contribution is -2.38. The van der Waals surface area contributed by atoms with Gasteiger partial charge in [0.1, 0.15) is 6.04 Å². The third-order valence-electron chi connectivity index (χ3n) is 3.39. The van der Waals surface area contributed by atoms with Gasteiger partial charge in [-0.25, -0.2) is 0 Å². The van der Waals surface area contributed by atoms with Crippen LogP contribution < -0.4 is 5.32 Å². The molecule has 0 bridgehead atoms. The van der Waals surface area contributed by atoms with Crippen molar-refractivity contribution in [1.82, 2.24) is 5.32 Å². The predicted molar refractivity (Wildman–Crippen MR) is 74.1 cm³/mol. The number of aliphatic carboxylic acids is 1. The van der Waals surface area contributed by atoms with Crippen LogP contribution in [0.3, 0.4) is 0 Å². The van der Waals surface area contributed by atoms with Crippen LogP contribution in [0.1, 0.15) is 43.7 Å². The topological polar surface area (TPSA) is 49.3 Å². The van der Waals surface area contributed by atoms with E-state index in [1.807, 2.05) is 30.3 Å². The molecule has 3 nitrogen and oxygen atoms in total. The van der Waals surface area contributed by atoms with Crippen LogP contribution >= 0.6 is 12.4 Å². The number of hydrogen-bond acceptors (Lipinski definition) is 2. The summed E-state index contributed by atoms with van der Waals surface area (Å²) in [7, 11) is 0. The number of nitrogens with one attached hydrogen (secondary N) is 1. The largest absolute Gasteiger partial charge is 0.480 e. The molecular weight excluding hydrogens is 250 g/mol. The van der Waals surface area contributed by atoms with Gasteiger partial charge in [0.2, 0.25) is 0 Å². The molecule has 1 saturated carbocycles. The van der Waals surface area contributed by atoms with Gasteiger partial charge in [-0.05, 0) is 18.4 Å². The smallest absolute Gasteiger partial charge is 0.325 e. The average molecular weight is 270 g/mol. The van der Waals surface area contributed by atoms with Crippen LogP contribution in [0.25, 0.3) is 0 Å². The minimum absolute atomic E-state index is 0. The van der Waals surface area contributed by atoms with Gasteiger partial charge in [-0.2, -0.15) is 0 Å². The molecule has 18 heavy (non-hydrogen) atoms. The van der Waals surface area contributed by atoms with Gasteiger partial charge < -0.3 is 5.11 Å². The summed E-state index contributed by atoms with van der Waals surface area (Å²) in [5, 5.41) is 12.6. The standard InChI is InChI=1S/C14H19NO2.ClH/c16-14(17)13(11-7-3-1-4-8-11)15-12-9-5-2-6-10-12;/h1,3-4,7-8,12-13,15H,2,5-6,9-10H2,(H,16,17);1H. The van der Waals surface area contributed by atoms with Gasteiger partial charge in [-0.3, -0.25) is 10.1 Å². The van der Waals surface area contributed by atoms with E-state index in [-0.39, 0.29) is 12.4 Å². The lowest BCUT2D eigenvalue weighted by Gasteiger charge is -2.26. The molecule has 0 heterocycles. The van der Waals surface area contributed by atoms with E-state index in [1.54, 1.807) is 0 Å². The third-order valence-corrected chi connectivity index (χ3v) is 3.39. The van der Waals surface area contributed by atoms with E-state index in [4.69, 9.17) is 0 Å². The number of carbonyl (C=O) groups is 1. The summed E-state index contributed by atoms with van der Waals surface area (Å²) in [6.45, 7) is 0. The van der Waals surface area contributed by atoms with Gasteiger partial charge in [0, 0.05) is 6.04 Å². The highest BCUT2D eigenvalue weighted by molar-refractivity contribution is 5.85. The van der Waals surface area contributed by atoms with Gasteiger partial charge in [0.15, 0.2) is 0 Å². The molecular formula is C14H20ClNO2. The molecule has 1 aliphatic carbocycles. The SMILES string of the molecule is Cl.O=C(O)C(NC1CCCCC1)c1ccccc1. The first-order valence-electron chi connectivity index (χ1n) is 6.31. The highest BCUT2D eigenvalue weighted by Crippen LogP contribution is 2.21. The van der Waals surface area contributed by atoms with Crippen molar-refractivity contribution >= 4 is 18.4 Å². The van der Waals surface area contributed by atoms with E-state index < -0.39 is 12.0 Å². The van der Waals surface area contributed by atoms with Crippen molar-refractivity contribution in [2.24, 2.45) is 0 Å². The van der Waals surface area contributed by atoms with Crippen molar-refractivity contribution in [1.29, 1.82) is 0 Å². The Morgan fingerprint density at radius 3 is 2.33 bits per heavy atom. The molecule has 1 aromatic rings. The lowest BCUT2D eigenvalue weighted by molar-refractivity contribution is -0.140. The molecule has 4 heteroatoms. The minimum Gasteiger partial charge on any atom is -0.480 e. The average Bonchev–Trinajstić information content (AvgIpc) is 2.38. The zero-order chi connectivity index (χ0) is 12.1. The summed E-state index contributed by atoms with van der Waals surface area (Å²) < 4.78 is 0. The Balaban J connectivity index is 0.00000162. The molecule has 1 fully saturated rings. The van der Waals surface area contributed by atoms with Gasteiger partial charge in [0.05, 0.1) is 0 Å². The van der Waals surface area contributed by atoms with Crippen LogP contribution in [0.5, 0.6) is 0 Å². The molecule has 0 aromatic heterocycles. The Kier molecular flexibility index (Phi) is 6.16. The fraction of sp³-hybridized carbons (Fsp3) is 0.500. The van der Waals surface area contributed by atoms with Gasteiger partial charge in [0.25, 0.3) is 0 Å². The Bertz CT molecular complexity index is 363. The monoisotopic (exact) mass is 269 g/mol. The fourth-order valence-electron chi connectivity index (χ4n) is 2.46. The first-order valence-corrected chi connectivity index (χ1v) is 6.31. The van der Waals surface area contributed by atoms with Crippen LogP contribution in [-0.2, 0) is 4.79 Å². The third kappa shape index (κ3) is 4.00. The van der Waals surface area contributed by atoms with Crippen LogP contribution in [0.2, 0.25) is 0 Å². The maximum Gasteiger partial charge on any atom is 0.325 e. The van der Waals surface area contributed by atoms with E-state index in [9.17, 15) is 9.90 Å². The number of carboxylic acid groups (broad SMARTS) is 1. The fourth-order valence-corrected chi connectivity index (χ4v) is 2.46.